The minimum atomic E-state index is -0.210. The highest BCUT2D eigenvalue weighted by Gasteiger charge is 2.05. The summed E-state index contributed by atoms with van der Waals surface area (Å²) in [5, 5.41) is 0. The van der Waals surface area contributed by atoms with Gasteiger partial charge in [0.05, 0.1) is 11.0 Å². The van der Waals surface area contributed by atoms with E-state index in [0.29, 0.717) is 4.77 Å². The van der Waals surface area contributed by atoms with E-state index in [-0.39, 0.29) is 5.82 Å². The van der Waals surface area contributed by atoms with E-state index in [0.717, 1.165) is 24.0 Å². The van der Waals surface area contributed by atoms with Gasteiger partial charge in [0.15, 0.2) is 4.77 Å². The van der Waals surface area contributed by atoms with Crippen molar-refractivity contribution in [3.63, 3.8) is 0 Å². The first kappa shape index (κ1) is 14.3. The molecule has 0 fully saturated rings. The summed E-state index contributed by atoms with van der Waals surface area (Å²) < 4.78 is 16.0. The van der Waals surface area contributed by atoms with Crippen LogP contribution in [-0.4, -0.2) is 9.55 Å². The van der Waals surface area contributed by atoms with E-state index in [9.17, 15) is 4.39 Å². The van der Waals surface area contributed by atoms with E-state index in [1.165, 1.54) is 38.2 Å². The van der Waals surface area contributed by atoms with Crippen molar-refractivity contribution < 1.29 is 4.39 Å². The van der Waals surface area contributed by atoms with Crippen molar-refractivity contribution >= 4 is 23.3 Å². The maximum absolute atomic E-state index is 13.3. The Morgan fingerprint density at radius 2 is 1.89 bits per heavy atom. The molecule has 1 heterocycles. The Balaban J connectivity index is 1.98. The van der Waals surface area contributed by atoms with Gasteiger partial charge in [-0.05, 0) is 36.8 Å². The van der Waals surface area contributed by atoms with Crippen LogP contribution in [0.25, 0.3) is 11.0 Å². The van der Waals surface area contributed by atoms with Crippen LogP contribution in [-0.2, 0) is 6.54 Å². The predicted molar refractivity (Wildman–Crippen MR) is 80.5 cm³/mol. The maximum atomic E-state index is 13.3. The summed E-state index contributed by atoms with van der Waals surface area (Å²) in [5.74, 6) is -0.210. The molecule has 0 saturated carbocycles. The Kier molecular flexibility index (Phi) is 5.14. The van der Waals surface area contributed by atoms with Gasteiger partial charge in [0.1, 0.15) is 5.82 Å². The van der Waals surface area contributed by atoms with E-state index in [1.54, 1.807) is 12.1 Å². The molecule has 4 heteroatoms. The number of hydrogen-bond acceptors (Lipinski definition) is 1. The molecule has 0 saturated heterocycles. The topological polar surface area (TPSA) is 20.7 Å². The van der Waals surface area contributed by atoms with Crippen LogP contribution in [0.15, 0.2) is 18.2 Å². The molecule has 19 heavy (non-hydrogen) atoms. The lowest BCUT2D eigenvalue weighted by atomic mass is 10.1. The second kappa shape index (κ2) is 6.85. The van der Waals surface area contributed by atoms with Crippen LogP contribution in [0.1, 0.15) is 45.4 Å². The molecule has 0 aliphatic carbocycles. The molecule has 0 radical (unpaired) electrons. The minimum Gasteiger partial charge on any atom is -0.331 e. The highest BCUT2D eigenvalue weighted by Crippen LogP contribution is 2.17. The zero-order chi connectivity index (χ0) is 13.7. The molecule has 1 aromatic carbocycles. The molecular formula is C15H21FN2S. The highest BCUT2D eigenvalue weighted by molar-refractivity contribution is 7.71. The third-order valence-corrected chi connectivity index (χ3v) is 3.80. The number of nitrogens with zero attached hydrogens (tertiary/aromatic N) is 1. The summed E-state index contributed by atoms with van der Waals surface area (Å²) in [6, 6.07) is 4.76. The van der Waals surface area contributed by atoms with Crippen LogP contribution in [0, 0.1) is 10.6 Å². The van der Waals surface area contributed by atoms with Gasteiger partial charge >= 0.3 is 0 Å². The van der Waals surface area contributed by atoms with Crippen LogP contribution < -0.4 is 0 Å². The first-order chi connectivity index (χ1) is 9.22. The van der Waals surface area contributed by atoms with Crippen LogP contribution >= 0.6 is 12.2 Å². The summed E-state index contributed by atoms with van der Waals surface area (Å²) in [6.07, 6.45) is 7.48. The fourth-order valence-electron chi connectivity index (χ4n) is 2.40. The number of H-pyrrole nitrogens is 1. The van der Waals surface area contributed by atoms with Crippen LogP contribution in [0.5, 0.6) is 0 Å². The molecule has 104 valence electrons. The van der Waals surface area contributed by atoms with Crippen molar-refractivity contribution in [2.45, 2.75) is 52.0 Å². The fourth-order valence-corrected chi connectivity index (χ4v) is 2.70. The lowest BCUT2D eigenvalue weighted by molar-refractivity contribution is 0.560. The average Bonchev–Trinajstić information content (AvgIpc) is 2.69. The third kappa shape index (κ3) is 3.66. The minimum absolute atomic E-state index is 0.210. The Hall–Kier alpha value is -1.16. The number of halogens is 1. The number of fused-ring (bicyclic) bond motifs is 1. The Morgan fingerprint density at radius 1 is 1.16 bits per heavy atom. The number of hydrogen-bond donors (Lipinski definition) is 1. The van der Waals surface area contributed by atoms with E-state index in [1.807, 2.05) is 4.57 Å². The second-order valence-electron chi connectivity index (χ2n) is 5.01. The SMILES string of the molecule is CCCCCCCCn1c(=S)[nH]c2ccc(F)cc21. The van der Waals surface area contributed by atoms with Gasteiger partial charge in [-0.25, -0.2) is 4.39 Å². The third-order valence-electron chi connectivity index (χ3n) is 3.47. The van der Waals surface area contributed by atoms with E-state index >= 15 is 0 Å². The predicted octanol–water partition coefficient (Wildman–Crippen LogP) is 5.20. The van der Waals surface area contributed by atoms with Gasteiger partial charge in [-0.3, -0.25) is 0 Å². The monoisotopic (exact) mass is 280 g/mol. The Labute approximate surface area is 118 Å². The van der Waals surface area contributed by atoms with Gasteiger partial charge < -0.3 is 9.55 Å². The quantitative estimate of drug-likeness (QED) is 0.546. The molecule has 0 atom stereocenters. The summed E-state index contributed by atoms with van der Waals surface area (Å²) in [7, 11) is 0. The van der Waals surface area contributed by atoms with Gasteiger partial charge in [-0.15, -0.1) is 0 Å². The zero-order valence-corrected chi connectivity index (χ0v) is 12.2. The van der Waals surface area contributed by atoms with Crippen molar-refractivity contribution in [2.75, 3.05) is 0 Å². The van der Waals surface area contributed by atoms with Crippen LogP contribution in [0.3, 0.4) is 0 Å². The number of aromatic nitrogens is 2. The number of aromatic amines is 1. The summed E-state index contributed by atoms with van der Waals surface area (Å²) in [4.78, 5) is 3.13. The molecule has 2 rings (SSSR count). The van der Waals surface area contributed by atoms with Gasteiger partial charge in [-0.1, -0.05) is 39.0 Å². The molecule has 2 nitrogen and oxygen atoms in total. The average molecular weight is 280 g/mol. The van der Waals surface area contributed by atoms with E-state index in [4.69, 9.17) is 12.2 Å². The molecule has 2 aromatic rings. The number of rotatable bonds is 7. The zero-order valence-electron chi connectivity index (χ0n) is 11.4. The van der Waals surface area contributed by atoms with Crippen LogP contribution in [0.2, 0.25) is 0 Å². The molecule has 0 unspecified atom stereocenters. The van der Waals surface area contributed by atoms with Gasteiger partial charge in [0, 0.05) is 6.54 Å². The number of nitrogens with one attached hydrogen (secondary N) is 1. The molecule has 1 N–H and O–H groups in total. The smallest absolute Gasteiger partial charge is 0.178 e. The number of unbranched alkanes of at least 4 members (excludes halogenated alkanes) is 5. The molecule has 0 spiro atoms. The lowest BCUT2D eigenvalue weighted by Crippen LogP contribution is -1.98. The molecule has 1 aromatic heterocycles. The van der Waals surface area contributed by atoms with Gasteiger partial charge in [0.25, 0.3) is 0 Å². The maximum Gasteiger partial charge on any atom is 0.178 e. The standard InChI is InChI=1S/C15H21FN2S/c1-2-3-4-5-6-7-10-18-14-11-12(16)8-9-13(14)17-15(18)19/h8-9,11H,2-7,10H2,1H3,(H,17,19). The fraction of sp³-hybridized carbons (Fsp3) is 0.533. The Morgan fingerprint density at radius 3 is 2.68 bits per heavy atom. The number of benzene rings is 1. The first-order valence-electron chi connectivity index (χ1n) is 7.10. The molecule has 0 amide bonds. The van der Waals surface area contributed by atoms with Gasteiger partial charge in [0.2, 0.25) is 0 Å². The number of imidazole rings is 1. The lowest BCUT2D eigenvalue weighted by Gasteiger charge is -2.04. The summed E-state index contributed by atoms with van der Waals surface area (Å²) in [6.45, 7) is 3.09. The van der Waals surface area contributed by atoms with E-state index in [2.05, 4.69) is 11.9 Å². The van der Waals surface area contributed by atoms with Crippen molar-refractivity contribution in [1.29, 1.82) is 0 Å². The summed E-state index contributed by atoms with van der Waals surface area (Å²) in [5.41, 5.74) is 1.79. The van der Waals surface area contributed by atoms with Gasteiger partial charge in [-0.2, -0.15) is 0 Å². The van der Waals surface area contributed by atoms with Crippen molar-refractivity contribution in [2.24, 2.45) is 0 Å². The number of aryl methyl sites for hydroxylation is 1. The second-order valence-corrected chi connectivity index (χ2v) is 5.40. The Bertz CT molecular complexity index is 585. The molecule has 0 bridgehead atoms. The highest BCUT2D eigenvalue weighted by atomic mass is 32.1. The van der Waals surface area contributed by atoms with Crippen molar-refractivity contribution in [1.82, 2.24) is 9.55 Å². The summed E-state index contributed by atoms with van der Waals surface area (Å²) >= 11 is 5.30. The first-order valence-corrected chi connectivity index (χ1v) is 7.51. The van der Waals surface area contributed by atoms with Crippen LogP contribution in [0.4, 0.5) is 4.39 Å². The van der Waals surface area contributed by atoms with Crippen molar-refractivity contribution in [3.8, 4) is 0 Å². The largest absolute Gasteiger partial charge is 0.331 e. The molecule has 0 aliphatic rings. The molecule has 0 aliphatic heterocycles. The van der Waals surface area contributed by atoms with E-state index < -0.39 is 0 Å². The normalized spacial score (nSPS) is 11.3. The van der Waals surface area contributed by atoms with Crippen molar-refractivity contribution in [3.05, 3.63) is 28.8 Å². The molecular weight excluding hydrogens is 259 g/mol.